The molecule has 0 atom stereocenters. The molecule has 0 aliphatic heterocycles. The average Bonchev–Trinajstić information content (AvgIpc) is 2.73. The molecule has 0 bridgehead atoms. The number of nitrogen functional groups attached to an aromatic ring is 1. The number of nitrogens with zero attached hydrogens (tertiary/aromatic N) is 4. The standard InChI is InChI=1S/C14H14FN5O/c1-8-17-4-3-9(18-8)7-20-12-6-13(21-2)10(15)5-11(12)19-14(20)16/h3-6H,7H2,1-2H3,(H2,16,19). The van der Waals surface area contributed by atoms with Crippen molar-refractivity contribution in [3.05, 3.63) is 41.7 Å². The third-order valence-electron chi connectivity index (χ3n) is 3.21. The number of ether oxygens (including phenoxy) is 1. The maximum absolute atomic E-state index is 13.7. The molecule has 0 aliphatic rings. The summed E-state index contributed by atoms with van der Waals surface area (Å²) in [6.07, 6.45) is 1.69. The fourth-order valence-corrected chi connectivity index (χ4v) is 2.22. The number of halogens is 1. The Morgan fingerprint density at radius 2 is 2.14 bits per heavy atom. The Hall–Kier alpha value is -2.70. The fraction of sp³-hybridized carbons (Fsp3) is 0.214. The van der Waals surface area contributed by atoms with Gasteiger partial charge < -0.3 is 15.0 Å². The van der Waals surface area contributed by atoms with Gasteiger partial charge in [-0.25, -0.2) is 19.3 Å². The van der Waals surface area contributed by atoms with Crippen LogP contribution in [-0.4, -0.2) is 26.6 Å². The molecule has 0 saturated heterocycles. The van der Waals surface area contributed by atoms with E-state index in [1.165, 1.54) is 13.2 Å². The molecule has 3 rings (SSSR count). The summed E-state index contributed by atoms with van der Waals surface area (Å²) in [7, 11) is 1.42. The number of rotatable bonds is 3. The zero-order valence-corrected chi connectivity index (χ0v) is 11.7. The number of aryl methyl sites for hydroxylation is 1. The average molecular weight is 287 g/mol. The van der Waals surface area contributed by atoms with Crippen molar-refractivity contribution in [3.63, 3.8) is 0 Å². The number of fused-ring (bicyclic) bond motifs is 1. The fourth-order valence-electron chi connectivity index (χ4n) is 2.22. The van der Waals surface area contributed by atoms with Crippen LogP contribution in [0.1, 0.15) is 11.5 Å². The highest BCUT2D eigenvalue weighted by Crippen LogP contribution is 2.26. The van der Waals surface area contributed by atoms with Gasteiger partial charge in [0.25, 0.3) is 0 Å². The Balaban J connectivity index is 2.11. The normalized spacial score (nSPS) is 11.0. The van der Waals surface area contributed by atoms with Crippen molar-refractivity contribution in [2.75, 3.05) is 12.8 Å². The van der Waals surface area contributed by atoms with Gasteiger partial charge in [0.1, 0.15) is 5.82 Å². The van der Waals surface area contributed by atoms with Crippen LogP contribution in [-0.2, 0) is 6.54 Å². The molecule has 3 aromatic rings. The van der Waals surface area contributed by atoms with E-state index in [0.717, 1.165) is 5.69 Å². The lowest BCUT2D eigenvalue weighted by Crippen LogP contribution is -2.07. The van der Waals surface area contributed by atoms with E-state index in [4.69, 9.17) is 10.5 Å². The van der Waals surface area contributed by atoms with Crippen LogP contribution in [0.2, 0.25) is 0 Å². The van der Waals surface area contributed by atoms with Gasteiger partial charge in [0.15, 0.2) is 11.6 Å². The van der Waals surface area contributed by atoms with Gasteiger partial charge >= 0.3 is 0 Å². The Morgan fingerprint density at radius 1 is 1.33 bits per heavy atom. The summed E-state index contributed by atoms with van der Waals surface area (Å²) in [5.74, 6) is 0.670. The van der Waals surface area contributed by atoms with Crippen LogP contribution < -0.4 is 10.5 Å². The Bertz CT molecular complexity index is 814. The number of hydrogen-bond acceptors (Lipinski definition) is 5. The first-order valence-electron chi connectivity index (χ1n) is 6.36. The second-order valence-corrected chi connectivity index (χ2v) is 4.63. The molecule has 2 N–H and O–H groups in total. The zero-order chi connectivity index (χ0) is 15.0. The number of hydrogen-bond donors (Lipinski definition) is 1. The number of anilines is 1. The lowest BCUT2D eigenvalue weighted by atomic mass is 10.2. The second kappa shape index (κ2) is 5.01. The van der Waals surface area contributed by atoms with Crippen LogP contribution >= 0.6 is 0 Å². The molecule has 0 spiro atoms. The number of imidazole rings is 1. The van der Waals surface area contributed by atoms with Crippen LogP contribution in [0.5, 0.6) is 5.75 Å². The van der Waals surface area contributed by atoms with Crippen molar-refractivity contribution in [3.8, 4) is 5.75 Å². The van der Waals surface area contributed by atoms with Crippen molar-refractivity contribution >= 4 is 17.0 Å². The monoisotopic (exact) mass is 287 g/mol. The second-order valence-electron chi connectivity index (χ2n) is 4.63. The molecule has 6 nitrogen and oxygen atoms in total. The van der Waals surface area contributed by atoms with Crippen molar-refractivity contribution in [1.82, 2.24) is 19.5 Å². The van der Waals surface area contributed by atoms with E-state index in [2.05, 4.69) is 15.0 Å². The molecule has 0 aliphatic carbocycles. The van der Waals surface area contributed by atoms with Gasteiger partial charge in [-0.3, -0.25) is 0 Å². The summed E-state index contributed by atoms with van der Waals surface area (Å²) in [6, 6.07) is 4.70. The Kier molecular flexibility index (Phi) is 3.17. The molecule has 0 saturated carbocycles. The minimum absolute atomic E-state index is 0.155. The van der Waals surface area contributed by atoms with Crippen LogP contribution in [0, 0.1) is 12.7 Å². The summed E-state index contributed by atoms with van der Waals surface area (Å²) < 4.78 is 20.5. The molecule has 0 amide bonds. The molecule has 0 fully saturated rings. The van der Waals surface area contributed by atoms with Crippen LogP contribution in [0.25, 0.3) is 11.0 Å². The van der Waals surface area contributed by atoms with Gasteiger partial charge in [-0.2, -0.15) is 0 Å². The Labute approximate surface area is 120 Å². The lowest BCUT2D eigenvalue weighted by Gasteiger charge is -2.07. The number of methoxy groups -OCH3 is 1. The van der Waals surface area contributed by atoms with E-state index in [-0.39, 0.29) is 5.75 Å². The van der Waals surface area contributed by atoms with Crippen LogP contribution in [0.3, 0.4) is 0 Å². The summed E-state index contributed by atoms with van der Waals surface area (Å²) in [6.45, 7) is 2.25. The molecule has 7 heteroatoms. The van der Waals surface area contributed by atoms with Crippen molar-refractivity contribution in [2.24, 2.45) is 0 Å². The van der Waals surface area contributed by atoms with Crippen LogP contribution in [0.15, 0.2) is 24.4 Å². The highest BCUT2D eigenvalue weighted by atomic mass is 19.1. The van der Waals surface area contributed by atoms with Gasteiger partial charge in [-0.15, -0.1) is 0 Å². The minimum Gasteiger partial charge on any atom is -0.494 e. The zero-order valence-electron chi connectivity index (χ0n) is 11.7. The molecule has 1 aromatic carbocycles. The lowest BCUT2D eigenvalue weighted by molar-refractivity contribution is 0.387. The van der Waals surface area contributed by atoms with Crippen molar-refractivity contribution in [1.29, 1.82) is 0 Å². The summed E-state index contributed by atoms with van der Waals surface area (Å²) in [5, 5.41) is 0. The van der Waals surface area contributed by atoms with Gasteiger partial charge in [0.2, 0.25) is 5.95 Å². The summed E-state index contributed by atoms with van der Waals surface area (Å²) in [4.78, 5) is 12.6. The topological polar surface area (TPSA) is 78.9 Å². The molecular weight excluding hydrogens is 273 g/mol. The maximum atomic E-state index is 13.7. The molecular formula is C14H14FN5O. The first-order valence-corrected chi connectivity index (χ1v) is 6.36. The predicted octanol–water partition coefficient (Wildman–Crippen LogP) is 1.91. The first-order chi connectivity index (χ1) is 10.1. The predicted molar refractivity (Wildman–Crippen MR) is 76.5 cm³/mol. The summed E-state index contributed by atoms with van der Waals surface area (Å²) in [5.41, 5.74) is 7.91. The molecule has 21 heavy (non-hydrogen) atoms. The van der Waals surface area contributed by atoms with E-state index >= 15 is 0 Å². The quantitative estimate of drug-likeness (QED) is 0.796. The van der Waals surface area contributed by atoms with E-state index < -0.39 is 5.82 Å². The van der Waals surface area contributed by atoms with Crippen molar-refractivity contribution in [2.45, 2.75) is 13.5 Å². The van der Waals surface area contributed by atoms with Gasteiger partial charge in [-0.05, 0) is 13.0 Å². The largest absolute Gasteiger partial charge is 0.494 e. The third-order valence-corrected chi connectivity index (χ3v) is 3.21. The van der Waals surface area contributed by atoms with E-state index in [1.807, 2.05) is 6.92 Å². The highest BCUT2D eigenvalue weighted by molar-refractivity contribution is 5.80. The van der Waals surface area contributed by atoms with Crippen molar-refractivity contribution < 1.29 is 9.13 Å². The van der Waals surface area contributed by atoms with E-state index in [0.29, 0.717) is 29.4 Å². The Morgan fingerprint density at radius 3 is 2.86 bits per heavy atom. The number of nitrogens with two attached hydrogens (primary N) is 1. The van der Waals surface area contributed by atoms with Gasteiger partial charge in [0.05, 0.1) is 30.4 Å². The van der Waals surface area contributed by atoms with Crippen LogP contribution in [0.4, 0.5) is 10.3 Å². The van der Waals surface area contributed by atoms with E-state index in [1.54, 1.807) is 22.9 Å². The molecule has 108 valence electrons. The number of benzene rings is 1. The van der Waals surface area contributed by atoms with E-state index in [9.17, 15) is 4.39 Å². The summed E-state index contributed by atoms with van der Waals surface area (Å²) >= 11 is 0. The van der Waals surface area contributed by atoms with Gasteiger partial charge in [-0.1, -0.05) is 0 Å². The molecule has 0 unspecified atom stereocenters. The molecule has 2 aromatic heterocycles. The number of aromatic nitrogens is 4. The smallest absolute Gasteiger partial charge is 0.201 e. The highest BCUT2D eigenvalue weighted by Gasteiger charge is 2.13. The molecule has 2 heterocycles. The first kappa shape index (κ1) is 13.3. The molecule has 0 radical (unpaired) electrons. The minimum atomic E-state index is -0.465. The van der Waals surface area contributed by atoms with Gasteiger partial charge in [0, 0.05) is 18.3 Å². The SMILES string of the molecule is COc1cc2c(cc1F)nc(N)n2Cc1ccnc(C)n1. The third kappa shape index (κ3) is 2.37. The maximum Gasteiger partial charge on any atom is 0.201 e.